The van der Waals surface area contributed by atoms with Crippen molar-refractivity contribution < 1.29 is 24.8 Å². The number of thioether (sulfide) groups is 1. The van der Waals surface area contributed by atoms with Gasteiger partial charge in [0.2, 0.25) is 5.91 Å². The van der Waals surface area contributed by atoms with Crippen LogP contribution < -0.4 is 31.7 Å². The molecule has 0 aromatic carbocycles. The highest BCUT2D eigenvalue weighted by molar-refractivity contribution is 8.04. The molecule has 7 aliphatic rings. The van der Waals surface area contributed by atoms with Gasteiger partial charge in [0, 0.05) is 43.3 Å². The van der Waals surface area contributed by atoms with E-state index in [1.807, 2.05) is 11.8 Å². The van der Waals surface area contributed by atoms with Crippen molar-refractivity contribution in [2.24, 2.45) is 17.8 Å². The van der Waals surface area contributed by atoms with Crippen molar-refractivity contribution in [1.29, 1.82) is 0 Å². The maximum Gasteiger partial charge on any atom is 0.226 e. The third-order valence-electron chi connectivity index (χ3n) is 9.95. The minimum absolute atomic E-state index is 0.0715. The van der Waals surface area contributed by atoms with E-state index in [9.17, 15) is 9.59 Å². The molecule has 0 radical (unpaired) electrons. The van der Waals surface area contributed by atoms with Crippen molar-refractivity contribution >= 4 is 35.4 Å². The Labute approximate surface area is 244 Å². The SMILES string of the molecule is [NH3+][C@@H]1CCCC[C@@H]1NC1CC2CNC(=O)C2C(NC2CC(C3COC4C(=O)C=C(N5CCOCC5)SC43)SN2)N1. The summed E-state index contributed by atoms with van der Waals surface area (Å²) in [7, 11) is 0. The molecular weight excluding hydrogens is 550 g/mol. The highest BCUT2D eigenvalue weighted by atomic mass is 32.2. The normalized spacial score (nSPS) is 45.7. The fourth-order valence-corrected chi connectivity index (χ4v) is 10.6. The maximum atomic E-state index is 13.0. The topological polar surface area (TPSA) is 144 Å². The van der Waals surface area contributed by atoms with Crippen LogP contribution in [0.3, 0.4) is 0 Å². The molecule has 11 atom stereocenters. The monoisotopic (exact) mass is 594 g/mol. The second kappa shape index (κ2) is 12.0. The van der Waals surface area contributed by atoms with Gasteiger partial charge in [0.1, 0.15) is 6.10 Å². The summed E-state index contributed by atoms with van der Waals surface area (Å²) in [6.45, 7) is 4.44. The Morgan fingerprint density at radius 1 is 1.07 bits per heavy atom. The quantitative estimate of drug-likeness (QED) is 0.209. The first kappa shape index (κ1) is 27.9. The third-order valence-corrected chi connectivity index (χ3v) is 12.7. The number of nitrogens with one attached hydrogen (secondary N) is 5. The van der Waals surface area contributed by atoms with Crippen molar-refractivity contribution in [3.63, 3.8) is 0 Å². The van der Waals surface area contributed by atoms with E-state index in [-0.39, 0.29) is 53.4 Å². The van der Waals surface area contributed by atoms with Crippen LogP contribution in [0.5, 0.6) is 0 Å². The zero-order valence-electron chi connectivity index (χ0n) is 23.0. The number of ketones is 1. The number of carbonyl (C=O) groups excluding carboxylic acids is 2. The number of ether oxygens (including phenoxy) is 2. The van der Waals surface area contributed by atoms with Gasteiger partial charge in [0.25, 0.3) is 0 Å². The molecule has 6 fully saturated rings. The first-order chi connectivity index (χ1) is 19.5. The summed E-state index contributed by atoms with van der Waals surface area (Å²) in [5, 5.41) is 16.1. The molecule has 0 bridgehead atoms. The van der Waals surface area contributed by atoms with Gasteiger partial charge in [-0.15, -0.1) is 11.8 Å². The van der Waals surface area contributed by atoms with Gasteiger partial charge in [-0.2, -0.15) is 0 Å². The predicted octanol–water partition coefficient (Wildman–Crippen LogP) is -1.06. The van der Waals surface area contributed by atoms with Crippen LogP contribution in [0.25, 0.3) is 0 Å². The van der Waals surface area contributed by atoms with Gasteiger partial charge in [0.15, 0.2) is 5.78 Å². The Morgan fingerprint density at radius 2 is 1.93 bits per heavy atom. The van der Waals surface area contributed by atoms with Crippen LogP contribution in [-0.2, 0) is 19.1 Å². The maximum absolute atomic E-state index is 13.0. The minimum Gasteiger partial charge on any atom is -0.378 e. The van der Waals surface area contributed by atoms with Gasteiger partial charge in [-0.25, -0.2) is 4.72 Å². The van der Waals surface area contributed by atoms with E-state index in [0.29, 0.717) is 43.1 Å². The molecule has 11 nitrogen and oxygen atoms in total. The number of fused-ring (bicyclic) bond motifs is 2. The summed E-state index contributed by atoms with van der Waals surface area (Å²) in [4.78, 5) is 28.1. The van der Waals surface area contributed by atoms with E-state index in [4.69, 9.17) is 9.47 Å². The van der Waals surface area contributed by atoms with Crippen molar-refractivity contribution in [3.05, 3.63) is 11.1 Å². The molecule has 1 amide bonds. The van der Waals surface area contributed by atoms with Crippen LogP contribution in [0.15, 0.2) is 11.1 Å². The first-order valence-corrected chi connectivity index (χ1v) is 17.0. The van der Waals surface area contributed by atoms with Crippen molar-refractivity contribution in [2.45, 2.75) is 85.7 Å². The van der Waals surface area contributed by atoms with Gasteiger partial charge in [0.05, 0.1) is 66.6 Å². The van der Waals surface area contributed by atoms with E-state index >= 15 is 0 Å². The average Bonchev–Trinajstić information content (AvgIpc) is 3.69. The molecular formula is C27H44N7O4S2+. The third kappa shape index (κ3) is 5.58. The zero-order valence-corrected chi connectivity index (χ0v) is 24.7. The van der Waals surface area contributed by atoms with Gasteiger partial charge in [-0.1, -0.05) is 18.4 Å². The molecule has 40 heavy (non-hydrogen) atoms. The summed E-state index contributed by atoms with van der Waals surface area (Å²) in [6, 6.07) is 0.873. The molecule has 0 spiro atoms. The van der Waals surface area contributed by atoms with Crippen LogP contribution >= 0.6 is 23.7 Å². The van der Waals surface area contributed by atoms with Crippen molar-refractivity contribution in [2.75, 3.05) is 39.5 Å². The first-order valence-electron chi connectivity index (χ1n) is 15.2. The van der Waals surface area contributed by atoms with E-state index in [1.165, 1.54) is 25.7 Å². The minimum atomic E-state index is -0.348. The van der Waals surface area contributed by atoms with Gasteiger partial charge >= 0.3 is 0 Å². The lowest BCUT2D eigenvalue weighted by atomic mass is 9.83. The molecule has 7 rings (SSSR count). The highest BCUT2D eigenvalue weighted by Crippen LogP contribution is 2.46. The Morgan fingerprint density at radius 3 is 2.77 bits per heavy atom. The molecule has 13 heteroatoms. The Kier molecular flexibility index (Phi) is 8.37. The number of hydrogen-bond acceptors (Lipinski definition) is 11. The number of hydrogen-bond donors (Lipinski definition) is 6. The summed E-state index contributed by atoms with van der Waals surface area (Å²) in [5.74, 6) is 0.779. The standard InChI is InChI=1S/C27H43N7O4S2/c28-16-3-1-2-4-17(16)30-20-9-14-12-29-27(36)23(14)26(31-20)32-21-11-19(40-33-21)15-13-38-24-18(35)10-22(39-25(15)24)34-5-7-37-8-6-34/h10,14-17,19-21,23-26,30-33H,1-9,11-13,28H2,(H,29,36)/p+1/t14?,15?,16-,17+,19?,20?,21?,23?,24?,25?,26?/m1/s1. The van der Waals surface area contributed by atoms with Gasteiger partial charge < -0.3 is 25.4 Å². The Bertz CT molecular complexity index is 1000. The lowest BCUT2D eigenvalue weighted by Crippen LogP contribution is -2.73. The molecule has 0 aromatic rings. The molecule has 1 saturated carbocycles. The Hall–Kier alpha value is -0.900. The number of amides is 1. The smallest absolute Gasteiger partial charge is 0.226 e. The number of morpholine rings is 1. The molecule has 222 valence electrons. The van der Waals surface area contributed by atoms with Crippen LogP contribution in [0.4, 0.5) is 0 Å². The highest BCUT2D eigenvalue weighted by Gasteiger charge is 2.51. The van der Waals surface area contributed by atoms with E-state index in [2.05, 4.69) is 36.6 Å². The summed E-state index contributed by atoms with van der Waals surface area (Å²) in [5.41, 5.74) is 4.41. The van der Waals surface area contributed by atoms with Crippen molar-refractivity contribution in [3.8, 4) is 0 Å². The fraction of sp³-hybridized carbons (Fsp3) is 0.852. The second-order valence-electron chi connectivity index (χ2n) is 12.5. The zero-order chi connectivity index (χ0) is 27.2. The second-order valence-corrected chi connectivity index (χ2v) is 14.8. The van der Waals surface area contributed by atoms with Crippen LogP contribution in [0.1, 0.15) is 38.5 Å². The lowest BCUT2D eigenvalue weighted by molar-refractivity contribution is -0.431. The molecule has 9 unspecified atom stereocenters. The van der Waals surface area contributed by atoms with Crippen LogP contribution in [-0.4, -0.2) is 103 Å². The largest absolute Gasteiger partial charge is 0.378 e. The number of carbonyl (C=O) groups is 2. The molecule has 6 heterocycles. The summed E-state index contributed by atoms with van der Waals surface area (Å²) in [6.07, 6.45) is 8.35. The average molecular weight is 595 g/mol. The van der Waals surface area contributed by atoms with E-state index in [1.54, 1.807) is 18.0 Å². The predicted molar refractivity (Wildman–Crippen MR) is 154 cm³/mol. The number of quaternary nitrogens is 1. The van der Waals surface area contributed by atoms with Crippen LogP contribution in [0, 0.1) is 17.8 Å². The lowest BCUT2D eigenvalue weighted by Gasteiger charge is -2.42. The summed E-state index contributed by atoms with van der Waals surface area (Å²) < 4.78 is 15.2. The Balaban J connectivity index is 0.985. The number of piperidine rings is 1. The number of nitrogens with zero attached hydrogens (tertiary/aromatic N) is 1. The number of rotatable bonds is 6. The van der Waals surface area contributed by atoms with Gasteiger partial charge in [-0.3, -0.25) is 25.5 Å². The molecule has 1 aliphatic carbocycles. The van der Waals surface area contributed by atoms with Gasteiger partial charge in [-0.05, 0) is 31.6 Å². The fourth-order valence-electron chi connectivity index (χ4n) is 7.74. The summed E-state index contributed by atoms with van der Waals surface area (Å²) >= 11 is 3.58. The van der Waals surface area contributed by atoms with E-state index < -0.39 is 0 Å². The molecule has 5 saturated heterocycles. The van der Waals surface area contributed by atoms with E-state index in [0.717, 1.165) is 37.5 Å². The van der Waals surface area contributed by atoms with Crippen LogP contribution in [0.2, 0.25) is 0 Å². The molecule has 8 N–H and O–H groups in total. The molecule has 0 aromatic heterocycles. The molecule has 6 aliphatic heterocycles. The van der Waals surface area contributed by atoms with Crippen molar-refractivity contribution in [1.82, 2.24) is 30.9 Å².